The fraction of sp³-hybridized carbons (Fsp3) is 0.467. The third kappa shape index (κ3) is 4.21. The molecule has 0 fully saturated rings. The Hall–Kier alpha value is -2.19. The number of halogens is 1. The van der Waals surface area contributed by atoms with Crippen molar-refractivity contribution in [2.24, 2.45) is 11.7 Å². The van der Waals surface area contributed by atoms with Crippen LogP contribution in [0.25, 0.3) is 0 Å². The highest BCUT2D eigenvalue weighted by Crippen LogP contribution is 2.31. The molecule has 0 aliphatic carbocycles. The Morgan fingerprint density at radius 3 is 2.67 bits per heavy atom. The van der Waals surface area contributed by atoms with Crippen molar-refractivity contribution in [3.63, 3.8) is 0 Å². The van der Waals surface area contributed by atoms with Gasteiger partial charge in [0, 0.05) is 18.7 Å². The molecule has 2 amide bonds. The topological polar surface area (TPSA) is 119 Å². The fourth-order valence-electron chi connectivity index (χ4n) is 2.42. The van der Waals surface area contributed by atoms with E-state index in [2.05, 4.69) is 5.32 Å². The van der Waals surface area contributed by atoms with Gasteiger partial charge in [0.05, 0.1) is 23.2 Å². The number of carbonyl (C=O) groups is 2. The first-order valence-corrected chi connectivity index (χ1v) is 7.42. The minimum atomic E-state index is -0.672. The number of nitrogens with two attached hydrogens (primary N) is 1. The van der Waals surface area contributed by atoms with E-state index in [1.807, 2.05) is 13.8 Å². The number of hydrogen-bond donors (Lipinski definition) is 2. The normalized spacial score (nSPS) is 13.9. The molecule has 1 atom stereocenters. The van der Waals surface area contributed by atoms with Crippen LogP contribution < -0.4 is 16.0 Å². The van der Waals surface area contributed by atoms with Crippen LogP contribution in [0.3, 0.4) is 0 Å². The van der Waals surface area contributed by atoms with Crippen LogP contribution in [0.15, 0.2) is 18.2 Å². The van der Waals surface area contributed by atoms with Gasteiger partial charge in [0.2, 0.25) is 11.8 Å². The standard InChI is InChI=1S/C15H20N4O4.ClH/c1-9(2)14(16)15(21)17-8-13(20)18-6-5-10-3-4-11(19(22)23)7-12(10)18;/h3-4,7,9,14H,5-6,8,16H2,1-2H3,(H,17,21);1H/t14-;/m0./s1. The molecule has 1 aliphatic rings. The Morgan fingerprint density at radius 2 is 2.08 bits per heavy atom. The van der Waals surface area contributed by atoms with Gasteiger partial charge in [-0.1, -0.05) is 19.9 Å². The zero-order valence-electron chi connectivity index (χ0n) is 13.5. The Kier molecular flexibility index (Phi) is 6.68. The summed E-state index contributed by atoms with van der Waals surface area (Å²) in [7, 11) is 0. The van der Waals surface area contributed by atoms with Crippen LogP contribution in [-0.2, 0) is 16.0 Å². The summed E-state index contributed by atoms with van der Waals surface area (Å²) >= 11 is 0. The van der Waals surface area contributed by atoms with E-state index in [9.17, 15) is 19.7 Å². The smallest absolute Gasteiger partial charge is 0.271 e. The van der Waals surface area contributed by atoms with Gasteiger partial charge in [-0.15, -0.1) is 12.4 Å². The van der Waals surface area contributed by atoms with Gasteiger partial charge in [-0.25, -0.2) is 0 Å². The molecule has 0 spiro atoms. The van der Waals surface area contributed by atoms with Crippen molar-refractivity contribution in [1.82, 2.24) is 5.32 Å². The van der Waals surface area contributed by atoms with E-state index in [4.69, 9.17) is 5.73 Å². The lowest BCUT2D eigenvalue weighted by atomic mass is 10.1. The average molecular weight is 357 g/mol. The van der Waals surface area contributed by atoms with Gasteiger partial charge in [-0.2, -0.15) is 0 Å². The Bertz CT molecular complexity index is 650. The van der Waals surface area contributed by atoms with Crippen molar-refractivity contribution in [3.05, 3.63) is 33.9 Å². The van der Waals surface area contributed by atoms with Gasteiger partial charge in [0.25, 0.3) is 5.69 Å². The number of anilines is 1. The lowest BCUT2D eigenvalue weighted by Gasteiger charge is -2.19. The number of fused-ring (bicyclic) bond motifs is 1. The molecule has 0 unspecified atom stereocenters. The molecule has 0 saturated carbocycles. The fourth-order valence-corrected chi connectivity index (χ4v) is 2.42. The second-order valence-electron chi connectivity index (χ2n) is 5.85. The summed E-state index contributed by atoms with van der Waals surface area (Å²) in [6, 6.07) is 3.81. The number of nitro groups is 1. The molecule has 9 heteroatoms. The third-order valence-electron chi connectivity index (χ3n) is 3.91. The van der Waals surface area contributed by atoms with E-state index in [1.165, 1.54) is 17.0 Å². The zero-order valence-corrected chi connectivity index (χ0v) is 14.3. The molecule has 1 heterocycles. The molecule has 0 radical (unpaired) electrons. The van der Waals surface area contributed by atoms with Gasteiger partial charge >= 0.3 is 0 Å². The van der Waals surface area contributed by atoms with Gasteiger partial charge < -0.3 is 16.0 Å². The highest BCUT2D eigenvalue weighted by atomic mass is 35.5. The molecule has 1 aliphatic heterocycles. The number of nitrogens with one attached hydrogen (secondary N) is 1. The van der Waals surface area contributed by atoms with Gasteiger partial charge in [-0.3, -0.25) is 19.7 Å². The quantitative estimate of drug-likeness (QED) is 0.602. The average Bonchev–Trinajstić information content (AvgIpc) is 2.94. The number of carbonyl (C=O) groups excluding carboxylic acids is 2. The Morgan fingerprint density at radius 1 is 1.42 bits per heavy atom. The maximum absolute atomic E-state index is 12.3. The lowest BCUT2D eigenvalue weighted by Crippen LogP contribution is -2.47. The Labute approximate surface area is 145 Å². The minimum absolute atomic E-state index is 0. The first-order chi connectivity index (χ1) is 10.8. The number of nitrogens with zero attached hydrogens (tertiary/aromatic N) is 2. The van der Waals surface area contributed by atoms with Crippen LogP contribution >= 0.6 is 12.4 Å². The summed E-state index contributed by atoms with van der Waals surface area (Å²) in [5.74, 6) is -0.722. The molecule has 8 nitrogen and oxygen atoms in total. The summed E-state index contributed by atoms with van der Waals surface area (Å²) in [5.41, 5.74) is 7.07. The molecular weight excluding hydrogens is 336 g/mol. The number of benzene rings is 1. The number of hydrogen-bond acceptors (Lipinski definition) is 5. The monoisotopic (exact) mass is 356 g/mol. The summed E-state index contributed by atoms with van der Waals surface area (Å²) in [4.78, 5) is 35.9. The van der Waals surface area contributed by atoms with E-state index >= 15 is 0 Å². The van der Waals surface area contributed by atoms with Crippen molar-refractivity contribution in [2.45, 2.75) is 26.3 Å². The van der Waals surface area contributed by atoms with E-state index < -0.39 is 11.0 Å². The highest BCUT2D eigenvalue weighted by molar-refractivity contribution is 5.99. The van der Waals surface area contributed by atoms with Crippen LogP contribution in [0, 0.1) is 16.0 Å². The summed E-state index contributed by atoms with van der Waals surface area (Å²) in [5, 5.41) is 13.4. The maximum atomic E-state index is 12.3. The van der Waals surface area contributed by atoms with Crippen LogP contribution in [0.2, 0.25) is 0 Å². The van der Waals surface area contributed by atoms with E-state index in [1.54, 1.807) is 6.07 Å². The number of rotatable bonds is 5. The maximum Gasteiger partial charge on any atom is 0.271 e. The highest BCUT2D eigenvalue weighted by Gasteiger charge is 2.27. The largest absolute Gasteiger partial charge is 0.346 e. The van der Waals surface area contributed by atoms with Crippen molar-refractivity contribution >= 4 is 35.6 Å². The molecule has 24 heavy (non-hydrogen) atoms. The van der Waals surface area contributed by atoms with E-state index in [0.29, 0.717) is 18.7 Å². The Balaban J connectivity index is 0.00000288. The van der Waals surface area contributed by atoms with E-state index in [0.717, 1.165) is 5.56 Å². The van der Waals surface area contributed by atoms with Crippen molar-refractivity contribution in [3.8, 4) is 0 Å². The van der Waals surface area contributed by atoms with Crippen LogP contribution in [0.1, 0.15) is 19.4 Å². The molecule has 1 aromatic rings. The number of non-ortho nitro benzene ring substituents is 1. The lowest BCUT2D eigenvalue weighted by molar-refractivity contribution is -0.384. The van der Waals surface area contributed by atoms with Gasteiger partial charge in [0.1, 0.15) is 0 Å². The van der Waals surface area contributed by atoms with Crippen molar-refractivity contribution in [2.75, 3.05) is 18.0 Å². The molecule has 0 aromatic heterocycles. The predicted octanol–water partition coefficient (Wildman–Crippen LogP) is 1.01. The van der Waals surface area contributed by atoms with Crippen LogP contribution in [-0.4, -0.2) is 35.9 Å². The molecule has 132 valence electrons. The molecule has 3 N–H and O–H groups in total. The van der Waals surface area contributed by atoms with Crippen LogP contribution in [0.4, 0.5) is 11.4 Å². The first kappa shape index (κ1) is 19.9. The second-order valence-corrected chi connectivity index (χ2v) is 5.85. The van der Waals surface area contributed by atoms with E-state index in [-0.39, 0.29) is 42.4 Å². The second kappa shape index (κ2) is 8.07. The molecule has 0 saturated heterocycles. The number of nitro benzene ring substituents is 1. The summed E-state index contributed by atoms with van der Waals surface area (Å²) < 4.78 is 0. The first-order valence-electron chi connectivity index (χ1n) is 7.42. The predicted molar refractivity (Wildman–Crippen MR) is 92.2 cm³/mol. The molecule has 0 bridgehead atoms. The molecule has 2 rings (SSSR count). The number of amides is 2. The van der Waals surface area contributed by atoms with Crippen molar-refractivity contribution in [1.29, 1.82) is 0 Å². The van der Waals surface area contributed by atoms with Crippen molar-refractivity contribution < 1.29 is 14.5 Å². The minimum Gasteiger partial charge on any atom is -0.346 e. The van der Waals surface area contributed by atoms with Crippen LogP contribution in [0.5, 0.6) is 0 Å². The molecular formula is C15H21ClN4O4. The van der Waals surface area contributed by atoms with Gasteiger partial charge in [-0.05, 0) is 17.9 Å². The SMILES string of the molecule is CC(C)[C@H](N)C(=O)NCC(=O)N1CCc2ccc([N+](=O)[O-])cc21.Cl. The third-order valence-corrected chi connectivity index (χ3v) is 3.91. The summed E-state index contributed by atoms with van der Waals surface area (Å²) in [6.07, 6.45) is 0.637. The van der Waals surface area contributed by atoms with Gasteiger partial charge in [0.15, 0.2) is 0 Å². The zero-order chi connectivity index (χ0) is 17.1. The molecule has 1 aromatic carbocycles. The summed E-state index contributed by atoms with van der Waals surface area (Å²) in [6.45, 7) is 3.91.